The van der Waals surface area contributed by atoms with E-state index in [2.05, 4.69) is 80.1 Å². The fourth-order valence-electron chi connectivity index (χ4n) is 2.45. The molecule has 1 atom stereocenters. The molecule has 1 N–H and O–H groups in total. The van der Waals surface area contributed by atoms with Crippen LogP contribution in [0, 0.1) is 17.8 Å². The van der Waals surface area contributed by atoms with Crippen molar-refractivity contribution in [3.05, 3.63) is 34.3 Å². The predicted octanol–water partition coefficient (Wildman–Crippen LogP) is 5.03. The van der Waals surface area contributed by atoms with Crippen molar-refractivity contribution in [3.63, 3.8) is 0 Å². The molecule has 1 aromatic rings. The standard InChI is InChI=1S/C16H26BrN/c1-11(2)16(12(3)4)10-18-13(5)14-7-6-8-15(17)9-14/h6-9,11-13,16,18H,10H2,1-5H3. The summed E-state index contributed by atoms with van der Waals surface area (Å²) >= 11 is 3.53. The quantitative estimate of drug-likeness (QED) is 0.777. The van der Waals surface area contributed by atoms with Crippen molar-refractivity contribution in [2.45, 2.75) is 40.7 Å². The summed E-state index contributed by atoms with van der Waals surface area (Å²) in [6, 6.07) is 8.95. The van der Waals surface area contributed by atoms with E-state index in [1.807, 2.05) is 0 Å². The third-order valence-corrected chi connectivity index (χ3v) is 4.21. The SMILES string of the molecule is CC(NCC(C(C)C)C(C)C)c1cccc(Br)c1. The van der Waals surface area contributed by atoms with Crippen LogP contribution in [0.3, 0.4) is 0 Å². The number of benzene rings is 1. The molecule has 2 heteroatoms. The third kappa shape index (κ3) is 4.74. The zero-order valence-corrected chi connectivity index (χ0v) is 13.8. The van der Waals surface area contributed by atoms with Crippen molar-refractivity contribution >= 4 is 15.9 Å². The smallest absolute Gasteiger partial charge is 0.0292 e. The lowest BCUT2D eigenvalue weighted by Crippen LogP contribution is -2.31. The molecule has 0 bridgehead atoms. The van der Waals surface area contributed by atoms with Crippen LogP contribution in [0.15, 0.2) is 28.7 Å². The Labute approximate surface area is 120 Å². The molecule has 0 aliphatic carbocycles. The Kier molecular flexibility index (Phi) is 6.37. The van der Waals surface area contributed by atoms with E-state index in [-0.39, 0.29) is 0 Å². The van der Waals surface area contributed by atoms with Gasteiger partial charge in [0.2, 0.25) is 0 Å². The average molecular weight is 312 g/mol. The maximum Gasteiger partial charge on any atom is 0.0292 e. The monoisotopic (exact) mass is 311 g/mol. The van der Waals surface area contributed by atoms with Crippen molar-refractivity contribution in [1.29, 1.82) is 0 Å². The second-order valence-electron chi connectivity index (χ2n) is 5.84. The second kappa shape index (κ2) is 7.30. The van der Waals surface area contributed by atoms with Crippen molar-refractivity contribution in [2.75, 3.05) is 6.54 Å². The predicted molar refractivity (Wildman–Crippen MR) is 83.7 cm³/mol. The summed E-state index contributed by atoms with van der Waals surface area (Å²) in [4.78, 5) is 0. The molecule has 0 radical (unpaired) electrons. The maximum absolute atomic E-state index is 3.67. The Bertz CT molecular complexity index is 352. The van der Waals surface area contributed by atoms with Crippen LogP contribution in [0.25, 0.3) is 0 Å². The van der Waals surface area contributed by atoms with Crippen LogP contribution in [0.2, 0.25) is 0 Å². The van der Waals surface area contributed by atoms with E-state index in [0.29, 0.717) is 6.04 Å². The molecule has 0 fully saturated rings. The zero-order valence-electron chi connectivity index (χ0n) is 12.2. The summed E-state index contributed by atoms with van der Waals surface area (Å²) < 4.78 is 1.15. The van der Waals surface area contributed by atoms with Crippen molar-refractivity contribution in [3.8, 4) is 0 Å². The molecular weight excluding hydrogens is 286 g/mol. The van der Waals surface area contributed by atoms with Crippen LogP contribution in [0.4, 0.5) is 0 Å². The number of rotatable bonds is 6. The van der Waals surface area contributed by atoms with Gasteiger partial charge in [-0.3, -0.25) is 0 Å². The molecular formula is C16H26BrN. The summed E-state index contributed by atoms with van der Waals surface area (Å²) in [6.45, 7) is 12.6. The summed E-state index contributed by atoms with van der Waals surface area (Å²) in [7, 11) is 0. The zero-order chi connectivity index (χ0) is 13.7. The summed E-state index contributed by atoms with van der Waals surface area (Å²) in [5, 5.41) is 3.67. The van der Waals surface area contributed by atoms with Gasteiger partial charge in [0.05, 0.1) is 0 Å². The number of hydrogen-bond acceptors (Lipinski definition) is 1. The van der Waals surface area contributed by atoms with Crippen LogP contribution in [0.1, 0.15) is 46.2 Å². The summed E-state index contributed by atoms with van der Waals surface area (Å²) in [6.07, 6.45) is 0. The molecule has 0 aliphatic heterocycles. The molecule has 1 unspecified atom stereocenters. The van der Waals surface area contributed by atoms with Crippen LogP contribution in [0.5, 0.6) is 0 Å². The molecule has 0 aromatic heterocycles. The molecule has 0 saturated carbocycles. The first kappa shape index (κ1) is 15.7. The van der Waals surface area contributed by atoms with Gasteiger partial charge in [-0.2, -0.15) is 0 Å². The van der Waals surface area contributed by atoms with Gasteiger partial charge < -0.3 is 5.32 Å². The molecule has 1 aromatic carbocycles. The molecule has 1 nitrogen and oxygen atoms in total. The largest absolute Gasteiger partial charge is 0.310 e. The lowest BCUT2D eigenvalue weighted by molar-refractivity contribution is 0.268. The maximum atomic E-state index is 3.67. The minimum absolute atomic E-state index is 0.405. The van der Waals surface area contributed by atoms with E-state index >= 15 is 0 Å². The Hall–Kier alpha value is -0.340. The van der Waals surface area contributed by atoms with Gasteiger partial charge in [-0.25, -0.2) is 0 Å². The van der Waals surface area contributed by atoms with Crippen molar-refractivity contribution in [1.82, 2.24) is 5.32 Å². The first-order valence-corrected chi connectivity index (χ1v) is 7.70. The highest BCUT2D eigenvalue weighted by Gasteiger charge is 2.18. The molecule has 0 heterocycles. The molecule has 0 spiro atoms. The highest BCUT2D eigenvalue weighted by molar-refractivity contribution is 9.10. The van der Waals surface area contributed by atoms with E-state index < -0.39 is 0 Å². The van der Waals surface area contributed by atoms with E-state index in [0.717, 1.165) is 28.8 Å². The van der Waals surface area contributed by atoms with Gasteiger partial charge in [-0.05, 0) is 48.9 Å². The van der Waals surface area contributed by atoms with Crippen molar-refractivity contribution < 1.29 is 0 Å². The Morgan fingerprint density at radius 2 is 1.67 bits per heavy atom. The van der Waals surface area contributed by atoms with Crippen LogP contribution in [-0.2, 0) is 0 Å². The summed E-state index contributed by atoms with van der Waals surface area (Å²) in [5.74, 6) is 2.19. The minimum Gasteiger partial charge on any atom is -0.310 e. The third-order valence-electron chi connectivity index (χ3n) is 3.72. The fraction of sp³-hybridized carbons (Fsp3) is 0.625. The lowest BCUT2D eigenvalue weighted by atomic mass is 9.85. The van der Waals surface area contributed by atoms with E-state index in [1.54, 1.807) is 0 Å². The van der Waals surface area contributed by atoms with Gasteiger partial charge in [-0.1, -0.05) is 55.8 Å². The average Bonchev–Trinajstić information content (AvgIpc) is 2.28. The normalized spacial score (nSPS) is 13.6. The fourth-order valence-corrected chi connectivity index (χ4v) is 2.86. The Balaban J connectivity index is 2.57. The highest BCUT2D eigenvalue weighted by Crippen LogP contribution is 2.22. The van der Waals surface area contributed by atoms with E-state index in [4.69, 9.17) is 0 Å². The lowest BCUT2D eigenvalue weighted by Gasteiger charge is -2.27. The molecule has 0 amide bonds. The minimum atomic E-state index is 0.405. The van der Waals surface area contributed by atoms with E-state index in [1.165, 1.54) is 5.56 Å². The number of halogens is 1. The van der Waals surface area contributed by atoms with Gasteiger partial charge in [0, 0.05) is 10.5 Å². The van der Waals surface area contributed by atoms with Gasteiger partial charge in [0.25, 0.3) is 0 Å². The van der Waals surface area contributed by atoms with Gasteiger partial charge >= 0.3 is 0 Å². The first-order valence-electron chi connectivity index (χ1n) is 6.90. The van der Waals surface area contributed by atoms with Crippen LogP contribution >= 0.6 is 15.9 Å². The topological polar surface area (TPSA) is 12.0 Å². The molecule has 0 aliphatic rings. The molecule has 18 heavy (non-hydrogen) atoms. The van der Waals surface area contributed by atoms with E-state index in [9.17, 15) is 0 Å². The second-order valence-corrected chi connectivity index (χ2v) is 6.75. The Morgan fingerprint density at radius 1 is 1.06 bits per heavy atom. The number of hydrogen-bond donors (Lipinski definition) is 1. The first-order chi connectivity index (χ1) is 8.41. The van der Waals surface area contributed by atoms with Crippen LogP contribution < -0.4 is 5.32 Å². The molecule has 102 valence electrons. The molecule has 0 saturated heterocycles. The molecule has 1 rings (SSSR count). The highest BCUT2D eigenvalue weighted by atomic mass is 79.9. The van der Waals surface area contributed by atoms with Crippen LogP contribution in [-0.4, -0.2) is 6.54 Å². The number of nitrogens with one attached hydrogen (secondary N) is 1. The van der Waals surface area contributed by atoms with Gasteiger partial charge in [0.1, 0.15) is 0 Å². The van der Waals surface area contributed by atoms with Crippen molar-refractivity contribution in [2.24, 2.45) is 17.8 Å². The van der Waals surface area contributed by atoms with Gasteiger partial charge in [0.15, 0.2) is 0 Å². The van der Waals surface area contributed by atoms with Gasteiger partial charge in [-0.15, -0.1) is 0 Å². The summed E-state index contributed by atoms with van der Waals surface area (Å²) in [5.41, 5.74) is 1.34. The Morgan fingerprint density at radius 3 is 2.17 bits per heavy atom.